The van der Waals surface area contributed by atoms with Crippen molar-refractivity contribution in [2.75, 3.05) is 24.6 Å². The van der Waals surface area contributed by atoms with E-state index in [1.165, 1.54) is 11.1 Å². The van der Waals surface area contributed by atoms with Crippen LogP contribution in [-0.4, -0.2) is 35.4 Å². The topological polar surface area (TPSA) is 64.4 Å². The van der Waals surface area contributed by atoms with E-state index in [0.29, 0.717) is 6.61 Å². The van der Waals surface area contributed by atoms with Crippen molar-refractivity contribution in [3.05, 3.63) is 22.6 Å². The molecular formula is C14H21N3O3. The van der Waals surface area contributed by atoms with Crippen molar-refractivity contribution in [2.45, 2.75) is 39.2 Å². The summed E-state index contributed by atoms with van der Waals surface area (Å²) >= 11 is 0. The fraction of sp³-hybridized carbons (Fsp3) is 0.643. The van der Waals surface area contributed by atoms with E-state index < -0.39 is 0 Å². The molecule has 0 radical (unpaired) electrons. The van der Waals surface area contributed by atoms with Crippen LogP contribution < -0.4 is 10.5 Å². The van der Waals surface area contributed by atoms with Gasteiger partial charge in [0.25, 0.3) is 5.56 Å². The summed E-state index contributed by atoms with van der Waals surface area (Å²) in [5.74, 6) is -0.304. The third kappa shape index (κ3) is 3.82. The Balaban J connectivity index is 1.98. The molecule has 1 aliphatic rings. The average molecular weight is 279 g/mol. The Morgan fingerprint density at radius 1 is 1.35 bits per heavy atom. The minimum absolute atomic E-state index is 0.169. The molecule has 0 spiro atoms. The van der Waals surface area contributed by atoms with Crippen LogP contribution in [0.3, 0.4) is 0 Å². The summed E-state index contributed by atoms with van der Waals surface area (Å²) in [4.78, 5) is 25.4. The lowest BCUT2D eigenvalue weighted by Gasteiger charge is -2.28. The van der Waals surface area contributed by atoms with Crippen LogP contribution in [0.1, 0.15) is 32.6 Å². The van der Waals surface area contributed by atoms with E-state index in [4.69, 9.17) is 4.74 Å². The average Bonchev–Trinajstić information content (AvgIpc) is 2.47. The van der Waals surface area contributed by atoms with Crippen LogP contribution in [0.2, 0.25) is 0 Å². The number of rotatable bonds is 5. The number of hydrogen-bond acceptors (Lipinski definition) is 5. The summed E-state index contributed by atoms with van der Waals surface area (Å²) in [5.41, 5.74) is 0.708. The van der Waals surface area contributed by atoms with Gasteiger partial charge in [-0.05, 0) is 26.2 Å². The Morgan fingerprint density at radius 3 is 2.75 bits per heavy atom. The van der Waals surface area contributed by atoms with E-state index in [9.17, 15) is 9.59 Å². The molecule has 2 rings (SSSR count). The number of piperidine rings is 1. The molecule has 110 valence electrons. The fourth-order valence-electron chi connectivity index (χ4n) is 2.35. The maximum absolute atomic E-state index is 12.0. The molecule has 6 nitrogen and oxygen atoms in total. The number of ether oxygens (including phenoxy) is 1. The number of nitrogens with zero attached hydrogens (tertiary/aromatic N) is 3. The molecule has 0 unspecified atom stereocenters. The second kappa shape index (κ2) is 7.07. The molecule has 0 atom stereocenters. The van der Waals surface area contributed by atoms with Crippen molar-refractivity contribution in [1.82, 2.24) is 9.78 Å². The van der Waals surface area contributed by atoms with Crippen molar-refractivity contribution in [3.63, 3.8) is 0 Å². The van der Waals surface area contributed by atoms with Gasteiger partial charge in [-0.2, -0.15) is 5.10 Å². The fourth-order valence-corrected chi connectivity index (χ4v) is 2.35. The van der Waals surface area contributed by atoms with E-state index >= 15 is 0 Å². The number of hydrogen-bond donors (Lipinski definition) is 0. The van der Waals surface area contributed by atoms with E-state index in [-0.39, 0.29) is 24.5 Å². The zero-order valence-electron chi connectivity index (χ0n) is 11.9. The maximum atomic E-state index is 12.0. The second-order valence-electron chi connectivity index (χ2n) is 4.88. The highest BCUT2D eigenvalue weighted by Crippen LogP contribution is 2.16. The van der Waals surface area contributed by atoms with Crippen LogP contribution in [-0.2, 0) is 16.1 Å². The zero-order chi connectivity index (χ0) is 14.4. The molecule has 0 aliphatic carbocycles. The van der Waals surface area contributed by atoms with E-state index in [1.54, 1.807) is 19.2 Å². The predicted octanol–water partition coefficient (Wildman–Crippen LogP) is 1.19. The van der Waals surface area contributed by atoms with E-state index in [0.717, 1.165) is 31.6 Å². The Kier molecular flexibility index (Phi) is 5.15. The summed E-state index contributed by atoms with van der Waals surface area (Å²) in [7, 11) is 0. The SMILES string of the molecule is CCOC(=O)CCn1ncc(N2CCCCC2)cc1=O. The molecule has 0 aromatic carbocycles. The molecule has 1 aromatic rings. The molecule has 1 fully saturated rings. The standard InChI is InChI=1S/C14H21N3O3/c1-2-20-14(19)6-9-17-13(18)10-12(11-15-17)16-7-4-3-5-8-16/h10-11H,2-9H2,1H3. The Morgan fingerprint density at radius 2 is 2.10 bits per heavy atom. The zero-order valence-corrected chi connectivity index (χ0v) is 11.9. The predicted molar refractivity (Wildman–Crippen MR) is 75.8 cm³/mol. The van der Waals surface area contributed by atoms with E-state index in [1.807, 2.05) is 0 Å². The molecule has 1 saturated heterocycles. The molecule has 0 amide bonds. The smallest absolute Gasteiger partial charge is 0.307 e. The van der Waals surface area contributed by atoms with Crippen molar-refractivity contribution in [2.24, 2.45) is 0 Å². The second-order valence-corrected chi connectivity index (χ2v) is 4.88. The minimum Gasteiger partial charge on any atom is -0.466 e. The van der Waals surface area contributed by atoms with Crippen molar-refractivity contribution in [3.8, 4) is 0 Å². The number of carbonyl (C=O) groups is 1. The first-order valence-electron chi connectivity index (χ1n) is 7.18. The van der Waals surface area contributed by atoms with Gasteiger partial charge in [-0.25, -0.2) is 4.68 Å². The number of anilines is 1. The van der Waals surface area contributed by atoms with Gasteiger partial charge >= 0.3 is 5.97 Å². The minimum atomic E-state index is -0.304. The number of esters is 1. The highest BCUT2D eigenvalue weighted by atomic mass is 16.5. The van der Waals surface area contributed by atoms with Gasteiger partial charge in [-0.15, -0.1) is 0 Å². The van der Waals surface area contributed by atoms with Crippen molar-refractivity contribution < 1.29 is 9.53 Å². The van der Waals surface area contributed by atoms with Crippen LogP contribution >= 0.6 is 0 Å². The number of carbonyl (C=O) groups excluding carboxylic acids is 1. The molecule has 0 saturated carbocycles. The highest BCUT2D eigenvalue weighted by molar-refractivity contribution is 5.69. The van der Waals surface area contributed by atoms with Gasteiger partial charge in [0.2, 0.25) is 0 Å². The molecular weight excluding hydrogens is 258 g/mol. The van der Waals surface area contributed by atoms with Crippen LogP contribution in [0.4, 0.5) is 5.69 Å². The first-order chi connectivity index (χ1) is 9.70. The van der Waals surface area contributed by atoms with E-state index in [2.05, 4.69) is 10.00 Å². The van der Waals surface area contributed by atoms with Crippen LogP contribution in [0.25, 0.3) is 0 Å². The maximum Gasteiger partial charge on any atom is 0.307 e. The van der Waals surface area contributed by atoms with Gasteiger partial charge in [0.15, 0.2) is 0 Å². The monoisotopic (exact) mass is 279 g/mol. The van der Waals surface area contributed by atoms with Crippen LogP contribution in [0, 0.1) is 0 Å². The quantitative estimate of drug-likeness (QED) is 0.757. The Bertz CT molecular complexity index is 507. The third-order valence-electron chi connectivity index (χ3n) is 3.41. The normalized spacial score (nSPS) is 15.2. The summed E-state index contributed by atoms with van der Waals surface area (Å²) in [6.07, 6.45) is 5.44. The van der Waals surface area contributed by atoms with Crippen molar-refractivity contribution in [1.29, 1.82) is 0 Å². The summed E-state index contributed by atoms with van der Waals surface area (Å²) in [6, 6.07) is 1.60. The first kappa shape index (κ1) is 14.6. The van der Waals surface area contributed by atoms with Gasteiger partial charge in [0, 0.05) is 19.2 Å². The van der Waals surface area contributed by atoms with Gasteiger partial charge in [0.1, 0.15) is 0 Å². The Labute approximate surface area is 118 Å². The molecule has 1 aromatic heterocycles. The molecule has 20 heavy (non-hydrogen) atoms. The highest BCUT2D eigenvalue weighted by Gasteiger charge is 2.12. The van der Waals surface area contributed by atoms with Gasteiger partial charge in [-0.1, -0.05) is 0 Å². The van der Waals surface area contributed by atoms with Crippen LogP contribution in [0.5, 0.6) is 0 Å². The van der Waals surface area contributed by atoms with Gasteiger partial charge in [0.05, 0.1) is 31.5 Å². The third-order valence-corrected chi connectivity index (χ3v) is 3.41. The largest absolute Gasteiger partial charge is 0.466 e. The Hall–Kier alpha value is -1.85. The lowest BCUT2D eigenvalue weighted by Crippen LogP contribution is -2.32. The van der Waals surface area contributed by atoms with Crippen LogP contribution in [0.15, 0.2) is 17.1 Å². The number of aryl methyl sites for hydroxylation is 1. The lowest BCUT2D eigenvalue weighted by molar-refractivity contribution is -0.143. The number of aromatic nitrogens is 2. The lowest BCUT2D eigenvalue weighted by atomic mass is 10.1. The molecule has 0 N–H and O–H groups in total. The molecule has 2 heterocycles. The first-order valence-corrected chi connectivity index (χ1v) is 7.18. The molecule has 0 bridgehead atoms. The summed E-state index contributed by atoms with van der Waals surface area (Å²) in [5, 5.41) is 4.14. The van der Waals surface area contributed by atoms with Gasteiger partial charge < -0.3 is 9.64 Å². The summed E-state index contributed by atoms with van der Waals surface area (Å²) in [6.45, 7) is 4.34. The summed E-state index contributed by atoms with van der Waals surface area (Å²) < 4.78 is 6.14. The molecule has 1 aliphatic heterocycles. The molecule has 6 heteroatoms. The van der Waals surface area contributed by atoms with Gasteiger partial charge in [-0.3, -0.25) is 9.59 Å². The van der Waals surface area contributed by atoms with Crippen molar-refractivity contribution >= 4 is 11.7 Å².